The van der Waals surface area contributed by atoms with Crippen LogP contribution in [0.25, 0.3) is 31.8 Å². The van der Waals surface area contributed by atoms with E-state index in [4.69, 9.17) is 22.7 Å². The van der Waals surface area contributed by atoms with E-state index in [-0.39, 0.29) is 24.5 Å². The number of carbonyl (C=O) groups is 1. The molecule has 1 aromatic heterocycles. The highest BCUT2D eigenvalue weighted by Gasteiger charge is 2.34. The number of hydrogen-bond acceptors (Lipinski definition) is 4. The Hall–Kier alpha value is -2.33. The number of hydrogen-bond donors (Lipinski definition) is 1. The monoisotopic (exact) mass is 539 g/mol. The quantitative estimate of drug-likeness (QED) is 0.131. The maximum Gasteiger partial charge on any atom is 0.311 e. The molecule has 1 N–H and O–H groups in total. The minimum Gasteiger partial charge on any atom is -0.350 e. The maximum absolute atomic E-state index is 12.5. The summed E-state index contributed by atoms with van der Waals surface area (Å²) in [5.41, 5.74) is 19.1. The first-order valence-electron chi connectivity index (χ1n) is 9.34. The first kappa shape index (κ1) is 22.4. The van der Waals surface area contributed by atoms with E-state index in [1.807, 2.05) is 12.1 Å². The summed E-state index contributed by atoms with van der Waals surface area (Å²) in [5, 5.41) is 16.8. The molecule has 0 saturated heterocycles. The molecule has 1 amide bonds. The first-order chi connectivity index (χ1) is 14.5. The van der Waals surface area contributed by atoms with Gasteiger partial charge in [0.2, 0.25) is 0 Å². The summed E-state index contributed by atoms with van der Waals surface area (Å²) >= 11 is 8.57. The number of nitrogens with one attached hydrogen (secondary N) is 1. The molecule has 30 heavy (non-hydrogen) atoms. The molecule has 0 aliphatic heterocycles. The van der Waals surface area contributed by atoms with Crippen molar-refractivity contribution in [3.05, 3.63) is 55.4 Å². The van der Waals surface area contributed by atoms with Crippen molar-refractivity contribution in [3.63, 3.8) is 0 Å². The lowest BCUT2D eigenvalue weighted by Crippen LogP contribution is -2.34. The van der Waals surface area contributed by atoms with Crippen LogP contribution in [-0.2, 0) is 4.43 Å². The predicted molar refractivity (Wildman–Crippen MR) is 123 cm³/mol. The van der Waals surface area contributed by atoms with Crippen molar-refractivity contribution in [2.75, 3.05) is 13.1 Å². The Morgan fingerprint density at radius 3 is 2.47 bits per heavy atom. The van der Waals surface area contributed by atoms with Crippen LogP contribution < -0.4 is 0 Å². The average Bonchev–Trinajstić information content (AvgIpc) is 3.20. The second-order valence-electron chi connectivity index (χ2n) is 7.39. The van der Waals surface area contributed by atoms with E-state index in [0.717, 1.165) is 20.9 Å². The van der Waals surface area contributed by atoms with Crippen LogP contribution in [0.3, 0.4) is 0 Å². The highest BCUT2D eigenvalue weighted by molar-refractivity contribution is 14.1. The number of aromatic amines is 1. The molecule has 10 nitrogen and oxygen atoms in total. The second kappa shape index (κ2) is 10.1. The molecule has 3 rings (SSSR count). The molecule has 0 radical (unpaired) electrons. The van der Waals surface area contributed by atoms with Crippen LogP contribution in [0.5, 0.6) is 0 Å². The number of halogens is 2. The third kappa shape index (κ3) is 5.23. The number of benzene rings is 1. The van der Waals surface area contributed by atoms with Gasteiger partial charge in [0.15, 0.2) is 0 Å². The van der Waals surface area contributed by atoms with Crippen LogP contribution in [0.15, 0.2) is 38.7 Å². The topological polar surface area (TPSA) is 155 Å². The number of amides is 1. The Labute approximate surface area is 190 Å². The Kier molecular flexibility index (Phi) is 7.54. The summed E-state index contributed by atoms with van der Waals surface area (Å²) in [6.45, 7) is 0.556. The van der Waals surface area contributed by atoms with E-state index < -0.39 is 5.91 Å². The number of azide groups is 2. The smallest absolute Gasteiger partial charge is 0.311 e. The van der Waals surface area contributed by atoms with Crippen molar-refractivity contribution in [1.82, 2.24) is 4.98 Å². The number of aromatic nitrogens is 1. The molecule has 156 valence electrons. The fourth-order valence-corrected chi connectivity index (χ4v) is 4.43. The lowest BCUT2D eigenvalue weighted by molar-refractivity contribution is 0.0985. The molecule has 1 aliphatic carbocycles. The van der Waals surface area contributed by atoms with Crippen LogP contribution in [0.2, 0.25) is 5.02 Å². The van der Waals surface area contributed by atoms with Crippen LogP contribution in [-0.4, -0.2) is 30.0 Å². The standard InChI is InChI=1S/C18H19ClIN9O/c19-14-5-11(8-20)6-15-13(14)7-16(25-15)17(30)27-26-12-1-3-18(4-2-12,9-23-28-21)10-24-29-22/h5-7,12,25H,1-4,8-10H2. The van der Waals surface area contributed by atoms with Crippen LogP contribution in [0.1, 0.15) is 41.7 Å². The first-order valence-corrected chi connectivity index (χ1v) is 11.2. The molecular weight excluding hydrogens is 521 g/mol. The van der Waals surface area contributed by atoms with E-state index in [0.29, 0.717) is 36.4 Å². The van der Waals surface area contributed by atoms with Gasteiger partial charge in [0.25, 0.3) is 0 Å². The van der Waals surface area contributed by atoms with E-state index >= 15 is 0 Å². The SMILES string of the molecule is [N-]=[N+]=NCC1(CN=[N+]=[N-])CCC(N=NC(=O)c2cc3c(Cl)cc(CI)cc3[nH]2)CC1. The molecule has 12 heteroatoms. The van der Waals surface area contributed by atoms with E-state index in [1.54, 1.807) is 6.07 Å². The normalized spacial score (nSPS) is 21.3. The highest BCUT2D eigenvalue weighted by Crippen LogP contribution is 2.38. The Balaban J connectivity index is 1.67. The molecule has 0 unspecified atom stereocenters. The number of nitrogens with zero attached hydrogens (tertiary/aromatic N) is 8. The van der Waals surface area contributed by atoms with E-state index in [1.165, 1.54) is 0 Å². The number of alkyl halides is 1. The van der Waals surface area contributed by atoms with Crippen molar-refractivity contribution in [2.24, 2.45) is 25.9 Å². The summed E-state index contributed by atoms with van der Waals surface area (Å²) < 4.78 is 0.817. The van der Waals surface area contributed by atoms with Crippen LogP contribution in [0, 0.1) is 5.41 Å². The van der Waals surface area contributed by atoms with Gasteiger partial charge in [0.1, 0.15) is 5.69 Å². The van der Waals surface area contributed by atoms with Crippen LogP contribution in [0.4, 0.5) is 0 Å². The second-order valence-corrected chi connectivity index (χ2v) is 8.56. The molecule has 2 aromatic rings. The largest absolute Gasteiger partial charge is 0.350 e. The third-order valence-electron chi connectivity index (χ3n) is 5.40. The number of azo groups is 1. The third-order valence-corrected chi connectivity index (χ3v) is 6.59. The molecular formula is C18H19ClIN9O. The summed E-state index contributed by atoms with van der Waals surface area (Å²) in [7, 11) is 0. The van der Waals surface area contributed by atoms with Gasteiger partial charge in [-0.25, -0.2) is 0 Å². The molecule has 1 aromatic carbocycles. The van der Waals surface area contributed by atoms with Gasteiger partial charge in [-0.1, -0.05) is 44.4 Å². The molecule has 1 saturated carbocycles. The van der Waals surface area contributed by atoms with Crippen LogP contribution >= 0.6 is 34.2 Å². The number of rotatable bonds is 7. The van der Waals surface area contributed by atoms with Gasteiger partial charge in [-0.2, -0.15) is 5.11 Å². The van der Waals surface area contributed by atoms with Gasteiger partial charge in [0, 0.05) is 38.2 Å². The van der Waals surface area contributed by atoms with E-state index in [2.05, 4.69) is 57.9 Å². The van der Waals surface area contributed by atoms with Gasteiger partial charge < -0.3 is 4.98 Å². The predicted octanol–water partition coefficient (Wildman–Crippen LogP) is 6.90. The Bertz CT molecular complexity index is 1040. The lowest BCUT2D eigenvalue weighted by atomic mass is 9.72. The maximum atomic E-state index is 12.5. The minimum absolute atomic E-state index is 0.0993. The fourth-order valence-electron chi connectivity index (χ4n) is 3.69. The summed E-state index contributed by atoms with van der Waals surface area (Å²) in [5.74, 6) is -0.446. The van der Waals surface area contributed by atoms with Gasteiger partial charge in [-0.3, -0.25) is 4.79 Å². The number of H-pyrrole nitrogens is 1. The number of carbonyl (C=O) groups excluding carboxylic acids is 1. The summed E-state index contributed by atoms with van der Waals surface area (Å²) in [6, 6.07) is 5.45. The zero-order valence-corrected chi connectivity index (χ0v) is 18.9. The highest BCUT2D eigenvalue weighted by atomic mass is 127. The van der Waals surface area contributed by atoms with Gasteiger partial charge in [0.05, 0.1) is 11.1 Å². The van der Waals surface area contributed by atoms with Gasteiger partial charge in [-0.15, -0.1) is 5.11 Å². The van der Waals surface area contributed by atoms with Gasteiger partial charge >= 0.3 is 5.91 Å². The van der Waals surface area contributed by atoms with Crippen molar-refractivity contribution >= 4 is 51.0 Å². The van der Waals surface area contributed by atoms with Crippen molar-refractivity contribution in [2.45, 2.75) is 36.2 Å². The molecule has 0 bridgehead atoms. The Morgan fingerprint density at radius 2 is 1.87 bits per heavy atom. The number of fused-ring (bicyclic) bond motifs is 1. The van der Waals surface area contributed by atoms with E-state index in [9.17, 15) is 4.79 Å². The molecule has 1 heterocycles. The van der Waals surface area contributed by atoms with Crippen molar-refractivity contribution in [1.29, 1.82) is 0 Å². The molecule has 0 atom stereocenters. The molecule has 0 spiro atoms. The average molecular weight is 540 g/mol. The summed E-state index contributed by atoms with van der Waals surface area (Å²) in [4.78, 5) is 21.2. The minimum atomic E-state index is -0.446. The zero-order chi connectivity index (χ0) is 21.6. The zero-order valence-electron chi connectivity index (χ0n) is 16.0. The molecule has 1 aliphatic rings. The van der Waals surface area contributed by atoms with Crippen molar-refractivity contribution < 1.29 is 4.79 Å². The molecule has 1 fully saturated rings. The Morgan fingerprint density at radius 1 is 1.20 bits per heavy atom. The van der Waals surface area contributed by atoms with Crippen molar-refractivity contribution in [3.8, 4) is 0 Å². The van der Waals surface area contributed by atoms with Gasteiger partial charge in [-0.05, 0) is 65.9 Å². The fraction of sp³-hybridized carbons (Fsp3) is 0.500. The lowest BCUT2D eigenvalue weighted by Gasteiger charge is -2.36. The summed E-state index contributed by atoms with van der Waals surface area (Å²) in [6.07, 6.45) is 2.72.